The number of hydrogen-bond donors (Lipinski definition) is 3. The zero-order chi connectivity index (χ0) is 23.6. The number of carbonyl (C=O) groups is 1. The zero-order valence-corrected chi connectivity index (χ0v) is 17.1. The third kappa shape index (κ3) is 5.22. The van der Waals surface area contributed by atoms with Crippen LogP contribution in [0.1, 0.15) is 16.8 Å². The number of pyridine rings is 1. The molecule has 3 heterocycles. The molecule has 1 saturated heterocycles. The van der Waals surface area contributed by atoms with Crippen molar-refractivity contribution in [3.8, 4) is 17.0 Å². The van der Waals surface area contributed by atoms with Crippen LogP contribution in [0.25, 0.3) is 11.3 Å². The fourth-order valence-corrected chi connectivity index (χ4v) is 3.60. The van der Waals surface area contributed by atoms with Crippen LogP contribution in [0.5, 0.6) is 5.75 Å². The van der Waals surface area contributed by atoms with E-state index >= 15 is 0 Å². The predicted molar refractivity (Wildman–Crippen MR) is 110 cm³/mol. The number of H-pyrrole nitrogens is 1. The second-order valence-electron chi connectivity index (χ2n) is 7.50. The molecule has 1 aromatic carbocycles. The fraction of sp³-hybridized carbons (Fsp3) is 0.286. The van der Waals surface area contributed by atoms with Gasteiger partial charge in [-0.1, -0.05) is 0 Å². The van der Waals surface area contributed by atoms with Crippen molar-refractivity contribution < 1.29 is 32.2 Å². The van der Waals surface area contributed by atoms with E-state index in [0.29, 0.717) is 30.2 Å². The fourth-order valence-electron chi connectivity index (χ4n) is 3.60. The molecule has 33 heavy (non-hydrogen) atoms. The summed E-state index contributed by atoms with van der Waals surface area (Å²) >= 11 is 0. The van der Waals surface area contributed by atoms with Crippen molar-refractivity contribution in [1.82, 2.24) is 15.2 Å². The Balaban J connectivity index is 1.57. The molecule has 0 bridgehead atoms. The number of nitrogens with zero attached hydrogens (tertiary/aromatic N) is 3. The van der Waals surface area contributed by atoms with Gasteiger partial charge in [0, 0.05) is 55.3 Å². The lowest BCUT2D eigenvalue weighted by Crippen LogP contribution is -2.23. The molecule has 0 spiro atoms. The Morgan fingerprint density at radius 2 is 2.12 bits per heavy atom. The van der Waals surface area contributed by atoms with E-state index in [9.17, 15) is 27.5 Å². The van der Waals surface area contributed by atoms with Crippen LogP contribution in [0.15, 0.2) is 42.7 Å². The first-order valence-corrected chi connectivity index (χ1v) is 9.96. The molecule has 1 aliphatic rings. The molecule has 0 saturated carbocycles. The Bertz CT molecular complexity index is 1140. The average molecular weight is 465 g/mol. The molecule has 12 heteroatoms. The summed E-state index contributed by atoms with van der Waals surface area (Å²) in [5.74, 6) is -2.16. The average Bonchev–Trinajstić information content (AvgIpc) is 3.46. The minimum atomic E-state index is -5.03. The van der Waals surface area contributed by atoms with Gasteiger partial charge in [-0.25, -0.2) is 9.37 Å². The third-order valence-corrected chi connectivity index (χ3v) is 5.18. The van der Waals surface area contributed by atoms with Gasteiger partial charge in [0.1, 0.15) is 5.82 Å². The maximum Gasteiger partial charge on any atom is 0.573 e. The maximum atomic E-state index is 13.9. The van der Waals surface area contributed by atoms with Crippen LogP contribution in [0.2, 0.25) is 0 Å². The lowest BCUT2D eigenvalue weighted by atomic mass is 10.1. The van der Waals surface area contributed by atoms with Crippen LogP contribution in [0.4, 0.5) is 29.1 Å². The molecule has 4 rings (SSSR count). The maximum absolute atomic E-state index is 13.9. The number of ether oxygens (including phenoxy) is 1. The molecule has 8 nitrogen and oxygen atoms in total. The highest BCUT2D eigenvalue weighted by atomic mass is 19.4. The topological polar surface area (TPSA) is 103 Å². The van der Waals surface area contributed by atoms with E-state index in [2.05, 4.69) is 25.2 Å². The van der Waals surface area contributed by atoms with Gasteiger partial charge in [0.25, 0.3) is 5.91 Å². The zero-order valence-electron chi connectivity index (χ0n) is 17.1. The molecule has 3 N–H and O–H groups in total. The molecule has 1 aliphatic heterocycles. The first-order chi connectivity index (χ1) is 15.7. The Labute approximate surface area is 185 Å². The summed E-state index contributed by atoms with van der Waals surface area (Å²) in [6, 6.07) is 5.92. The molecule has 1 unspecified atom stereocenters. The molecular weight excluding hydrogens is 446 g/mol. The Morgan fingerprint density at radius 1 is 1.30 bits per heavy atom. The van der Waals surface area contributed by atoms with Crippen LogP contribution in [-0.2, 0) is 0 Å². The van der Waals surface area contributed by atoms with Crippen molar-refractivity contribution in [1.29, 1.82) is 0 Å². The molecule has 1 amide bonds. The van der Waals surface area contributed by atoms with Gasteiger partial charge in [-0.2, -0.15) is 5.10 Å². The number of aliphatic hydroxyl groups is 1. The molecule has 0 radical (unpaired) electrons. The quantitative estimate of drug-likeness (QED) is 0.481. The minimum absolute atomic E-state index is 0.0514. The summed E-state index contributed by atoms with van der Waals surface area (Å²) in [4.78, 5) is 19.2. The highest BCUT2D eigenvalue weighted by Crippen LogP contribution is 2.32. The van der Waals surface area contributed by atoms with Crippen molar-refractivity contribution in [2.45, 2.75) is 12.8 Å². The Hall–Kier alpha value is -3.67. The lowest BCUT2D eigenvalue weighted by molar-refractivity contribution is -0.275. The van der Waals surface area contributed by atoms with E-state index in [-0.39, 0.29) is 23.8 Å². The number of nitrogens with one attached hydrogen (secondary N) is 2. The van der Waals surface area contributed by atoms with Crippen molar-refractivity contribution >= 4 is 17.4 Å². The van der Waals surface area contributed by atoms with E-state index in [0.717, 1.165) is 24.6 Å². The van der Waals surface area contributed by atoms with E-state index in [1.54, 1.807) is 18.3 Å². The van der Waals surface area contributed by atoms with Crippen LogP contribution in [0.3, 0.4) is 0 Å². The summed E-state index contributed by atoms with van der Waals surface area (Å²) in [5.41, 5.74) is 1.33. The summed E-state index contributed by atoms with van der Waals surface area (Å²) < 4.78 is 54.4. The largest absolute Gasteiger partial charge is 0.573 e. The molecular formula is C21H19F4N5O3. The SMILES string of the molecule is O=C(Nc1ccc(OC(F)(F)F)c(F)c1)c1cnc(N2CCC(CO)C2)c(-c2ccn[nH]2)c1. The van der Waals surface area contributed by atoms with Crippen LogP contribution in [0, 0.1) is 11.7 Å². The van der Waals surface area contributed by atoms with E-state index in [1.165, 1.54) is 6.20 Å². The van der Waals surface area contributed by atoms with Gasteiger partial charge in [0.15, 0.2) is 11.6 Å². The van der Waals surface area contributed by atoms with Crippen molar-refractivity contribution in [2.75, 3.05) is 29.9 Å². The number of alkyl halides is 3. The second-order valence-corrected chi connectivity index (χ2v) is 7.50. The number of aromatic amines is 1. The van der Waals surface area contributed by atoms with E-state index in [4.69, 9.17) is 0 Å². The Kier molecular flexibility index (Phi) is 6.18. The number of hydrogen-bond acceptors (Lipinski definition) is 6. The molecule has 2 aromatic heterocycles. The summed E-state index contributed by atoms with van der Waals surface area (Å²) in [6.45, 7) is 1.37. The van der Waals surface area contributed by atoms with Crippen LogP contribution in [-0.4, -0.2) is 52.3 Å². The number of amides is 1. The molecule has 174 valence electrons. The number of anilines is 2. The first-order valence-electron chi connectivity index (χ1n) is 9.96. The van der Waals surface area contributed by atoms with Gasteiger partial charge in [-0.15, -0.1) is 13.2 Å². The van der Waals surface area contributed by atoms with Crippen LogP contribution >= 0.6 is 0 Å². The van der Waals surface area contributed by atoms with E-state index < -0.39 is 23.8 Å². The van der Waals surface area contributed by atoms with Gasteiger partial charge in [-0.3, -0.25) is 9.89 Å². The van der Waals surface area contributed by atoms with Crippen molar-refractivity contribution in [2.24, 2.45) is 5.92 Å². The number of halogens is 4. The molecule has 1 atom stereocenters. The number of benzene rings is 1. The second kappa shape index (κ2) is 9.06. The summed E-state index contributed by atoms with van der Waals surface area (Å²) in [6.07, 6.45) is -1.31. The van der Waals surface area contributed by atoms with Gasteiger partial charge in [-0.05, 0) is 30.7 Å². The number of aromatic nitrogens is 3. The monoisotopic (exact) mass is 465 g/mol. The minimum Gasteiger partial charge on any atom is -0.403 e. The first kappa shape index (κ1) is 22.5. The number of aliphatic hydroxyl groups excluding tert-OH is 1. The summed E-state index contributed by atoms with van der Waals surface area (Å²) in [5, 5.41) is 18.6. The van der Waals surface area contributed by atoms with Crippen LogP contribution < -0.4 is 15.0 Å². The van der Waals surface area contributed by atoms with Gasteiger partial charge in [0.2, 0.25) is 0 Å². The summed E-state index contributed by atoms with van der Waals surface area (Å²) in [7, 11) is 0. The van der Waals surface area contributed by atoms with Crippen molar-refractivity contribution in [3.05, 3.63) is 54.1 Å². The molecule has 3 aromatic rings. The Morgan fingerprint density at radius 3 is 2.76 bits per heavy atom. The normalized spacial score (nSPS) is 16.2. The van der Waals surface area contributed by atoms with Gasteiger partial charge < -0.3 is 20.1 Å². The molecule has 1 fully saturated rings. The smallest absolute Gasteiger partial charge is 0.403 e. The highest BCUT2D eigenvalue weighted by Gasteiger charge is 2.32. The lowest BCUT2D eigenvalue weighted by Gasteiger charge is -2.21. The highest BCUT2D eigenvalue weighted by molar-refractivity contribution is 6.05. The van der Waals surface area contributed by atoms with E-state index in [1.807, 2.05) is 4.90 Å². The standard InChI is InChI=1S/C21H19F4N5O3/c22-16-8-14(1-2-18(16)33-21(23,24)25)28-20(32)13-7-15(17-3-5-27-29-17)19(26-9-13)30-6-4-12(10-30)11-31/h1-3,5,7-9,12,31H,4,6,10-11H2,(H,27,29)(H,28,32). The number of rotatable bonds is 6. The molecule has 0 aliphatic carbocycles. The van der Waals surface area contributed by atoms with Gasteiger partial charge in [0.05, 0.1) is 11.3 Å². The number of carbonyl (C=O) groups excluding carboxylic acids is 1. The third-order valence-electron chi connectivity index (χ3n) is 5.18. The van der Waals surface area contributed by atoms with Crippen molar-refractivity contribution in [3.63, 3.8) is 0 Å². The van der Waals surface area contributed by atoms with Gasteiger partial charge >= 0.3 is 6.36 Å². The predicted octanol–water partition coefficient (Wildman–Crippen LogP) is 3.58.